The van der Waals surface area contributed by atoms with Crippen molar-refractivity contribution < 1.29 is 14.5 Å². The van der Waals surface area contributed by atoms with Crippen LogP contribution in [0, 0.1) is 0 Å². The number of carbonyl (C=O) groups is 2. The summed E-state index contributed by atoms with van der Waals surface area (Å²) in [5.74, 6) is 0.0688. The van der Waals surface area contributed by atoms with Crippen molar-refractivity contribution in [3.8, 4) is 0 Å². The van der Waals surface area contributed by atoms with E-state index in [1.807, 2.05) is 35.2 Å². The molecule has 0 saturated carbocycles. The number of quaternary nitrogens is 1. The lowest BCUT2D eigenvalue weighted by molar-refractivity contribution is -0.883. The third-order valence-corrected chi connectivity index (χ3v) is 4.42. The number of urea groups is 1. The molecular weight excluding hydrogens is 280 g/mol. The first-order chi connectivity index (χ1) is 10.6. The van der Waals surface area contributed by atoms with E-state index in [1.165, 1.54) is 4.90 Å². The van der Waals surface area contributed by atoms with E-state index >= 15 is 0 Å². The number of carbonyl (C=O) groups excluding carboxylic acids is 2. The molecule has 3 amide bonds. The highest BCUT2D eigenvalue weighted by Crippen LogP contribution is 2.21. The highest BCUT2D eigenvalue weighted by molar-refractivity contribution is 5.96. The summed E-state index contributed by atoms with van der Waals surface area (Å²) in [6, 6.07) is 9.46. The number of amides is 3. The number of likely N-dealkylation sites (N-methyl/N-ethyl adjacent to an activating group) is 1. The molecule has 3 rings (SSSR count). The SMILES string of the molecule is C[NH+]1CCN(C(=O)N[C@@H]2CC(=O)N(c3ccccc3)C2)CC1. The minimum atomic E-state index is -0.104. The molecule has 2 saturated heterocycles. The summed E-state index contributed by atoms with van der Waals surface area (Å²) in [5, 5.41) is 3.01. The van der Waals surface area contributed by atoms with Crippen LogP contribution in [-0.2, 0) is 4.79 Å². The zero-order valence-corrected chi connectivity index (χ0v) is 12.9. The number of hydrogen-bond acceptors (Lipinski definition) is 2. The Hall–Kier alpha value is -2.08. The molecule has 6 heteroatoms. The number of benzene rings is 1. The molecule has 1 aromatic rings. The summed E-state index contributed by atoms with van der Waals surface area (Å²) in [7, 11) is 2.14. The van der Waals surface area contributed by atoms with Gasteiger partial charge in [0.15, 0.2) is 0 Å². The Bertz CT molecular complexity index is 540. The second kappa shape index (κ2) is 6.36. The molecule has 22 heavy (non-hydrogen) atoms. The van der Waals surface area contributed by atoms with Gasteiger partial charge in [0.25, 0.3) is 0 Å². The lowest BCUT2D eigenvalue weighted by atomic mass is 10.2. The highest BCUT2D eigenvalue weighted by Gasteiger charge is 2.33. The largest absolute Gasteiger partial charge is 0.334 e. The van der Waals surface area contributed by atoms with E-state index in [1.54, 1.807) is 4.90 Å². The van der Waals surface area contributed by atoms with Crippen molar-refractivity contribution in [1.29, 1.82) is 0 Å². The van der Waals surface area contributed by atoms with Crippen LogP contribution in [0.3, 0.4) is 0 Å². The number of nitrogens with zero attached hydrogens (tertiary/aromatic N) is 2. The maximum absolute atomic E-state index is 12.3. The molecular formula is C16H23N4O2+. The summed E-state index contributed by atoms with van der Waals surface area (Å²) in [4.78, 5) is 29.5. The van der Waals surface area contributed by atoms with E-state index in [0.717, 1.165) is 31.9 Å². The van der Waals surface area contributed by atoms with E-state index in [0.29, 0.717) is 13.0 Å². The molecule has 0 aliphatic carbocycles. The van der Waals surface area contributed by atoms with Crippen LogP contribution in [0.1, 0.15) is 6.42 Å². The predicted molar refractivity (Wildman–Crippen MR) is 83.9 cm³/mol. The summed E-state index contributed by atoms with van der Waals surface area (Å²) in [5.41, 5.74) is 0.896. The maximum Gasteiger partial charge on any atom is 0.318 e. The van der Waals surface area contributed by atoms with Crippen molar-refractivity contribution in [2.45, 2.75) is 12.5 Å². The van der Waals surface area contributed by atoms with Gasteiger partial charge in [-0.2, -0.15) is 0 Å². The molecule has 0 aromatic heterocycles. The molecule has 2 aliphatic heterocycles. The van der Waals surface area contributed by atoms with Crippen LogP contribution in [0.2, 0.25) is 0 Å². The van der Waals surface area contributed by atoms with Gasteiger partial charge in [-0.25, -0.2) is 4.79 Å². The van der Waals surface area contributed by atoms with Crippen molar-refractivity contribution in [2.75, 3.05) is 44.7 Å². The van der Waals surface area contributed by atoms with Crippen LogP contribution in [0.15, 0.2) is 30.3 Å². The second-order valence-corrected chi connectivity index (χ2v) is 6.13. The van der Waals surface area contributed by atoms with Crippen molar-refractivity contribution in [3.63, 3.8) is 0 Å². The molecule has 2 aliphatic rings. The third-order valence-electron chi connectivity index (χ3n) is 4.42. The van der Waals surface area contributed by atoms with E-state index in [2.05, 4.69) is 12.4 Å². The first-order valence-electron chi connectivity index (χ1n) is 7.85. The quantitative estimate of drug-likeness (QED) is 0.761. The zero-order valence-electron chi connectivity index (χ0n) is 12.9. The van der Waals surface area contributed by atoms with Gasteiger partial charge in [-0.3, -0.25) is 4.79 Å². The van der Waals surface area contributed by atoms with Crippen LogP contribution in [-0.4, -0.2) is 62.7 Å². The van der Waals surface area contributed by atoms with Crippen molar-refractivity contribution in [3.05, 3.63) is 30.3 Å². The lowest BCUT2D eigenvalue weighted by Crippen LogP contribution is -3.12. The summed E-state index contributed by atoms with van der Waals surface area (Å²) < 4.78 is 0. The lowest BCUT2D eigenvalue weighted by Gasteiger charge is -2.31. The van der Waals surface area contributed by atoms with Crippen LogP contribution < -0.4 is 15.1 Å². The topological polar surface area (TPSA) is 57.1 Å². The zero-order chi connectivity index (χ0) is 15.5. The van der Waals surface area contributed by atoms with E-state index in [-0.39, 0.29) is 18.0 Å². The van der Waals surface area contributed by atoms with Crippen molar-refractivity contribution >= 4 is 17.6 Å². The van der Waals surface area contributed by atoms with Gasteiger partial charge in [-0.05, 0) is 12.1 Å². The smallest absolute Gasteiger partial charge is 0.318 e. The van der Waals surface area contributed by atoms with Crippen molar-refractivity contribution in [2.24, 2.45) is 0 Å². The summed E-state index contributed by atoms with van der Waals surface area (Å²) >= 11 is 0. The second-order valence-electron chi connectivity index (χ2n) is 6.13. The fraction of sp³-hybridized carbons (Fsp3) is 0.500. The monoisotopic (exact) mass is 303 g/mol. The Labute approximate surface area is 130 Å². The van der Waals surface area contributed by atoms with E-state index in [4.69, 9.17) is 0 Å². The number of anilines is 1. The molecule has 6 nitrogen and oxygen atoms in total. The van der Waals surface area contributed by atoms with Crippen molar-refractivity contribution in [1.82, 2.24) is 10.2 Å². The third kappa shape index (κ3) is 3.22. The molecule has 0 radical (unpaired) electrons. The maximum atomic E-state index is 12.3. The Kier molecular flexibility index (Phi) is 4.29. The van der Waals surface area contributed by atoms with Gasteiger partial charge in [0.2, 0.25) is 5.91 Å². The van der Waals surface area contributed by atoms with Gasteiger partial charge in [0.1, 0.15) is 0 Å². The Morgan fingerprint density at radius 3 is 2.59 bits per heavy atom. The number of rotatable bonds is 2. The normalized spacial score (nSPS) is 23.0. The average Bonchev–Trinajstić information content (AvgIpc) is 2.89. The van der Waals surface area contributed by atoms with E-state index in [9.17, 15) is 9.59 Å². The highest BCUT2D eigenvalue weighted by atomic mass is 16.2. The number of hydrogen-bond donors (Lipinski definition) is 2. The summed E-state index contributed by atoms with van der Waals surface area (Å²) in [6.45, 7) is 4.06. The van der Waals surface area contributed by atoms with Crippen LogP contribution in [0.4, 0.5) is 10.5 Å². The molecule has 118 valence electrons. The number of para-hydroxylation sites is 1. The molecule has 1 aromatic carbocycles. The van der Waals surface area contributed by atoms with Gasteiger partial charge in [0.05, 0.1) is 39.3 Å². The van der Waals surface area contributed by atoms with Gasteiger partial charge >= 0.3 is 6.03 Å². The Balaban J connectivity index is 1.56. The Morgan fingerprint density at radius 1 is 1.23 bits per heavy atom. The Morgan fingerprint density at radius 2 is 1.91 bits per heavy atom. The fourth-order valence-electron chi connectivity index (χ4n) is 3.02. The standard InChI is InChI=1S/C16H22N4O2/c1-18-7-9-19(10-8-18)16(22)17-13-11-15(21)20(12-13)14-5-3-2-4-6-14/h2-6,13H,7-12H2,1H3,(H,17,22)/p+1/t13-/m1/s1. The number of piperazine rings is 1. The molecule has 2 heterocycles. The summed E-state index contributed by atoms with van der Waals surface area (Å²) in [6.07, 6.45) is 0.375. The molecule has 0 spiro atoms. The first kappa shape index (κ1) is 14.8. The first-order valence-corrected chi connectivity index (χ1v) is 7.85. The molecule has 0 unspecified atom stereocenters. The predicted octanol–water partition coefficient (Wildman–Crippen LogP) is -0.668. The number of nitrogens with one attached hydrogen (secondary N) is 2. The minimum absolute atomic E-state index is 0.0415. The van der Waals surface area contributed by atoms with E-state index < -0.39 is 0 Å². The molecule has 0 bridgehead atoms. The van der Waals surface area contributed by atoms with Gasteiger partial charge < -0.3 is 20.0 Å². The van der Waals surface area contributed by atoms with Gasteiger partial charge in [0, 0.05) is 18.7 Å². The molecule has 1 atom stereocenters. The van der Waals surface area contributed by atoms with Crippen LogP contribution in [0.25, 0.3) is 0 Å². The van der Waals surface area contributed by atoms with Gasteiger partial charge in [-0.1, -0.05) is 18.2 Å². The molecule has 2 N–H and O–H groups in total. The average molecular weight is 303 g/mol. The molecule has 2 fully saturated rings. The van der Waals surface area contributed by atoms with Gasteiger partial charge in [-0.15, -0.1) is 0 Å². The van der Waals surface area contributed by atoms with Crippen LogP contribution in [0.5, 0.6) is 0 Å². The fourth-order valence-corrected chi connectivity index (χ4v) is 3.02. The minimum Gasteiger partial charge on any atom is -0.334 e. The van der Waals surface area contributed by atoms with Crippen LogP contribution >= 0.6 is 0 Å².